The van der Waals surface area contributed by atoms with Crippen molar-refractivity contribution in [1.29, 1.82) is 0 Å². The normalized spacial score (nSPS) is 11.4. The van der Waals surface area contributed by atoms with Gasteiger partial charge in [0.1, 0.15) is 0 Å². The Bertz CT molecular complexity index is 867. The van der Waals surface area contributed by atoms with Crippen LogP contribution in [0.4, 0.5) is 15.8 Å². The first-order chi connectivity index (χ1) is 12.7. The van der Waals surface area contributed by atoms with E-state index < -0.39 is 11.7 Å². The molecule has 0 heterocycles. The van der Waals surface area contributed by atoms with Crippen LogP contribution in [0.15, 0.2) is 35.4 Å². The number of amides is 1. The second kappa shape index (κ2) is 9.07. The molecule has 0 atom stereocenters. The molecule has 144 valence electrons. The minimum atomic E-state index is -0.684. The number of thioether (sulfide) groups is 1. The zero-order chi connectivity index (χ0) is 20.1. The maximum atomic E-state index is 13.9. The van der Waals surface area contributed by atoms with E-state index in [1.165, 1.54) is 17.1 Å². The number of nitrogens with one attached hydrogen (secondary N) is 1. The first-order valence-electron chi connectivity index (χ1n) is 8.01. The predicted octanol–water partition coefficient (Wildman–Crippen LogP) is 3.69. The van der Waals surface area contributed by atoms with Crippen molar-refractivity contribution in [3.63, 3.8) is 0 Å². The molecular weight excluding hydrogens is 389 g/mol. The van der Waals surface area contributed by atoms with Crippen molar-refractivity contribution in [3.05, 3.63) is 57.9 Å². The van der Waals surface area contributed by atoms with Crippen LogP contribution >= 0.6 is 23.4 Å². The largest absolute Gasteiger partial charge is 0.323 e. The van der Waals surface area contributed by atoms with Crippen molar-refractivity contribution in [2.24, 2.45) is 16.8 Å². The third-order valence-electron chi connectivity index (χ3n) is 3.75. The summed E-state index contributed by atoms with van der Waals surface area (Å²) in [5.41, 5.74) is 3.81. The Balaban J connectivity index is 2.07. The van der Waals surface area contributed by atoms with Crippen molar-refractivity contribution in [2.45, 2.75) is 20.8 Å². The Labute approximate surface area is 166 Å². The summed E-state index contributed by atoms with van der Waals surface area (Å²) in [6.07, 6.45) is 0. The lowest BCUT2D eigenvalue weighted by Gasteiger charge is -2.23. The smallest absolute Gasteiger partial charge is 0.234 e. The van der Waals surface area contributed by atoms with E-state index in [1.807, 2.05) is 32.9 Å². The van der Waals surface area contributed by atoms with Crippen LogP contribution in [0.2, 0.25) is 5.02 Å². The van der Waals surface area contributed by atoms with Crippen molar-refractivity contribution in [2.75, 3.05) is 16.1 Å². The number of hydrogen-bond acceptors (Lipinski definition) is 5. The quantitative estimate of drug-likeness (QED) is 0.310. The number of hydrogen-bond donors (Lipinski definition) is 3. The van der Waals surface area contributed by atoms with Crippen LogP contribution in [0, 0.1) is 26.6 Å². The number of nitrogens with zero attached hydrogens (tertiary/aromatic N) is 2. The lowest BCUT2D eigenvalue weighted by molar-refractivity contribution is -0.113. The number of halogens is 2. The van der Waals surface area contributed by atoms with E-state index in [1.54, 1.807) is 6.07 Å². The van der Waals surface area contributed by atoms with E-state index in [9.17, 15) is 9.18 Å². The van der Waals surface area contributed by atoms with E-state index in [2.05, 4.69) is 10.4 Å². The van der Waals surface area contributed by atoms with Gasteiger partial charge in [0.15, 0.2) is 5.82 Å². The second-order valence-corrected chi connectivity index (χ2v) is 7.32. The van der Waals surface area contributed by atoms with Gasteiger partial charge >= 0.3 is 0 Å². The number of benzene rings is 2. The standard InChI is InChI=1S/C18H21ClFN5OS/c1-10-7-11(2)17(12(3)8-10)25(22)18(24-21)27-9-15(26)23-14-6-4-5-13(19)16(14)20/h4-8H,9,21-22H2,1-3H3,(H,23,26)/b24-18+. The average Bonchev–Trinajstić information content (AvgIpc) is 2.58. The minimum Gasteiger partial charge on any atom is -0.323 e. The summed E-state index contributed by atoms with van der Waals surface area (Å²) in [6.45, 7) is 5.86. The van der Waals surface area contributed by atoms with Gasteiger partial charge in [0.25, 0.3) is 0 Å². The van der Waals surface area contributed by atoms with Gasteiger partial charge in [-0.15, -0.1) is 0 Å². The van der Waals surface area contributed by atoms with E-state index >= 15 is 0 Å². The van der Waals surface area contributed by atoms with Crippen molar-refractivity contribution < 1.29 is 9.18 Å². The Kier molecular flexibility index (Phi) is 7.06. The summed E-state index contributed by atoms with van der Waals surface area (Å²) in [5.74, 6) is 10.5. The van der Waals surface area contributed by atoms with Gasteiger partial charge in [-0.25, -0.2) is 10.2 Å². The molecule has 1 amide bonds. The fourth-order valence-electron chi connectivity index (χ4n) is 2.73. The number of carbonyl (C=O) groups is 1. The molecule has 0 fully saturated rings. The van der Waals surface area contributed by atoms with E-state index in [0.717, 1.165) is 34.1 Å². The molecular formula is C18H21ClFN5OS. The number of hydrazone groups is 1. The lowest BCUT2D eigenvalue weighted by atomic mass is 10.1. The topological polar surface area (TPSA) is 96.7 Å². The van der Waals surface area contributed by atoms with Gasteiger partial charge in [-0.2, -0.15) is 5.10 Å². The van der Waals surface area contributed by atoms with Crippen molar-refractivity contribution in [3.8, 4) is 0 Å². The molecule has 6 nitrogen and oxygen atoms in total. The monoisotopic (exact) mass is 409 g/mol. The number of aryl methyl sites for hydroxylation is 3. The van der Waals surface area contributed by atoms with Crippen molar-refractivity contribution in [1.82, 2.24) is 0 Å². The highest BCUT2D eigenvalue weighted by Gasteiger charge is 2.18. The second-order valence-electron chi connectivity index (χ2n) is 5.97. The molecule has 2 aromatic rings. The maximum absolute atomic E-state index is 13.9. The van der Waals surface area contributed by atoms with E-state index in [4.69, 9.17) is 23.3 Å². The van der Waals surface area contributed by atoms with Gasteiger partial charge in [-0.05, 0) is 44.0 Å². The van der Waals surface area contributed by atoms with Gasteiger partial charge < -0.3 is 11.2 Å². The third-order valence-corrected chi connectivity index (χ3v) is 5.01. The van der Waals surface area contributed by atoms with Crippen LogP contribution in [0.25, 0.3) is 0 Å². The summed E-state index contributed by atoms with van der Waals surface area (Å²) in [6, 6.07) is 8.37. The molecule has 2 aromatic carbocycles. The van der Waals surface area contributed by atoms with Crippen LogP contribution in [-0.2, 0) is 4.79 Å². The van der Waals surface area contributed by atoms with Crippen LogP contribution < -0.4 is 22.0 Å². The Morgan fingerprint density at radius 3 is 2.52 bits per heavy atom. The molecule has 0 aliphatic heterocycles. The van der Waals surface area contributed by atoms with Crippen LogP contribution in [0.1, 0.15) is 16.7 Å². The first kappa shape index (κ1) is 21.0. The molecule has 0 saturated heterocycles. The van der Waals surface area contributed by atoms with Crippen LogP contribution in [0.5, 0.6) is 0 Å². The summed E-state index contributed by atoms with van der Waals surface area (Å²) in [7, 11) is 0. The number of amidine groups is 1. The number of rotatable bonds is 4. The Morgan fingerprint density at radius 2 is 1.93 bits per heavy atom. The first-order valence-corrected chi connectivity index (χ1v) is 9.38. The zero-order valence-electron chi connectivity index (χ0n) is 15.2. The minimum absolute atomic E-state index is 0.00849. The molecule has 0 unspecified atom stereocenters. The highest BCUT2D eigenvalue weighted by molar-refractivity contribution is 8.14. The highest BCUT2D eigenvalue weighted by atomic mass is 35.5. The number of nitrogens with two attached hydrogens (primary N) is 2. The van der Waals surface area contributed by atoms with Gasteiger partial charge in [-0.1, -0.05) is 47.1 Å². The zero-order valence-corrected chi connectivity index (χ0v) is 16.8. The summed E-state index contributed by atoms with van der Waals surface area (Å²) >= 11 is 6.75. The molecule has 0 aromatic heterocycles. The fraction of sp³-hybridized carbons (Fsp3) is 0.222. The molecule has 0 bridgehead atoms. The molecule has 9 heteroatoms. The maximum Gasteiger partial charge on any atom is 0.234 e. The number of hydrazine groups is 1. The van der Waals surface area contributed by atoms with Crippen LogP contribution in [-0.4, -0.2) is 16.8 Å². The van der Waals surface area contributed by atoms with Gasteiger partial charge in [-0.3, -0.25) is 9.80 Å². The van der Waals surface area contributed by atoms with Gasteiger partial charge in [0.05, 0.1) is 22.2 Å². The SMILES string of the molecule is Cc1cc(C)c(N(N)/C(=N\N)SCC(=O)Nc2cccc(Cl)c2F)c(C)c1. The Morgan fingerprint density at radius 1 is 1.30 bits per heavy atom. The van der Waals surface area contributed by atoms with E-state index in [0.29, 0.717) is 0 Å². The van der Waals surface area contributed by atoms with E-state index in [-0.39, 0.29) is 21.6 Å². The van der Waals surface area contributed by atoms with Crippen molar-refractivity contribution >= 4 is 45.8 Å². The van der Waals surface area contributed by atoms with Crippen LogP contribution in [0.3, 0.4) is 0 Å². The fourth-order valence-corrected chi connectivity index (χ4v) is 3.55. The number of anilines is 2. The predicted molar refractivity (Wildman–Crippen MR) is 111 cm³/mol. The highest BCUT2D eigenvalue weighted by Crippen LogP contribution is 2.27. The number of carbonyl (C=O) groups excluding carboxylic acids is 1. The average molecular weight is 410 g/mol. The summed E-state index contributed by atoms with van der Waals surface area (Å²) in [4.78, 5) is 12.1. The molecule has 0 aliphatic rings. The molecule has 0 saturated carbocycles. The summed E-state index contributed by atoms with van der Waals surface area (Å²) < 4.78 is 13.9. The molecule has 5 N–H and O–H groups in total. The molecule has 0 aliphatic carbocycles. The molecule has 0 radical (unpaired) electrons. The van der Waals surface area contributed by atoms with Gasteiger partial charge in [0.2, 0.25) is 11.1 Å². The lowest BCUT2D eigenvalue weighted by Crippen LogP contribution is -2.38. The van der Waals surface area contributed by atoms with Gasteiger partial charge in [0, 0.05) is 0 Å². The molecule has 27 heavy (non-hydrogen) atoms. The molecule has 0 spiro atoms. The third kappa shape index (κ3) is 5.12. The Hall–Kier alpha value is -2.29. The molecule has 2 rings (SSSR count). The summed E-state index contributed by atoms with van der Waals surface area (Å²) in [5, 5.41) is 7.69.